The van der Waals surface area contributed by atoms with Crippen LogP contribution >= 0.6 is 22.6 Å². The molecule has 0 aromatic carbocycles. The van der Waals surface area contributed by atoms with Crippen LogP contribution in [-0.2, 0) is 0 Å². The minimum Gasteiger partial charge on any atom is -0.289 e. The Balaban J connectivity index is 2.07. The van der Waals surface area contributed by atoms with Gasteiger partial charge in [0.05, 0.1) is 4.05 Å². The van der Waals surface area contributed by atoms with Crippen LogP contribution in [-0.4, -0.2) is 21.5 Å². The molecular formula is C7H12IN. The Morgan fingerprint density at radius 3 is 2.89 bits per heavy atom. The number of halogens is 1. The van der Waals surface area contributed by atoms with Gasteiger partial charge in [0.1, 0.15) is 0 Å². The number of rotatable bonds is 0. The largest absolute Gasteiger partial charge is 0.289 e. The summed E-state index contributed by atoms with van der Waals surface area (Å²) in [5.74, 6) is 0. The monoisotopic (exact) mass is 237 g/mol. The van der Waals surface area contributed by atoms with Gasteiger partial charge in [0, 0.05) is 6.04 Å². The van der Waals surface area contributed by atoms with Gasteiger partial charge in [0.2, 0.25) is 0 Å². The molecule has 1 nitrogen and oxygen atoms in total. The van der Waals surface area contributed by atoms with Gasteiger partial charge in [-0.2, -0.15) is 0 Å². The molecule has 2 aliphatic heterocycles. The molecule has 0 radical (unpaired) electrons. The van der Waals surface area contributed by atoms with Gasteiger partial charge in [0.25, 0.3) is 0 Å². The molecule has 2 atom stereocenters. The lowest BCUT2D eigenvalue weighted by Crippen LogP contribution is -2.26. The molecule has 2 rings (SSSR count). The summed E-state index contributed by atoms with van der Waals surface area (Å²) in [6.45, 7) is 1.37. The quantitative estimate of drug-likeness (QED) is 0.354. The van der Waals surface area contributed by atoms with Crippen LogP contribution in [0.4, 0.5) is 0 Å². The van der Waals surface area contributed by atoms with Crippen molar-refractivity contribution >= 4 is 22.6 Å². The van der Waals surface area contributed by atoms with E-state index in [1.165, 1.54) is 32.2 Å². The van der Waals surface area contributed by atoms with Crippen molar-refractivity contribution in [1.82, 2.24) is 4.90 Å². The molecule has 2 heterocycles. The Bertz CT molecular complexity index is 115. The highest BCUT2D eigenvalue weighted by molar-refractivity contribution is 14.1. The lowest BCUT2D eigenvalue weighted by molar-refractivity contribution is 0.314. The summed E-state index contributed by atoms with van der Waals surface area (Å²) in [6, 6.07) is 0.979. The van der Waals surface area contributed by atoms with Crippen molar-refractivity contribution in [3.63, 3.8) is 0 Å². The minimum absolute atomic E-state index is 0.870. The maximum absolute atomic E-state index is 2.67. The molecule has 9 heavy (non-hydrogen) atoms. The van der Waals surface area contributed by atoms with E-state index in [1.54, 1.807) is 0 Å². The second-order valence-electron chi connectivity index (χ2n) is 3.05. The number of nitrogens with zero attached hydrogens (tertiary/aromatic N) is 1. The Morgan fingerprint density at radius 2 is 2.11 bits per heavy atom. The van der Waals surface area contributed by atoms with E-state index >= 15 is 0 Å². The van der Waals surface area contributed by atoms with E-state index in [0.29, 0.717) is 0 Å². The molecule has 0 N–H and O–H groups in total. The Hall–Kier alpha value is 0.690. The van der Waals surface area contributed by atoms with Crippen molar-refractivity contribution < 1.29 is 0 Å². The fraction of sp³-hybridized carbons (Fsp3) is 1.00. The predicted octanol–water partition coefficient (Wildman–Crippen LogP) is 2.01. The van der Waals surface area contributed by atoms with Crippen LogP contribution < -0.4 is 0 Å². The molecule has 52 valence electrons. The predicted molar refractivity (Wildman–Crippen MR) is 46.8 cm³/mol. The van der Waals surface area contributed by atoms with Gasteiger partial charge in [-0.05, 0) is 32.2 Å². The third kappa shape index (κ3) is 1.00. The molecule has 0 bridgehead atoms. The average Bonchev–Trinajstić information content (AvgIpc) is 2.35. The zero-order chi connectivity index (χ0) is 6.27. The molecule has 0 aromatic rings. The number of fused-ring (bicyclic) bond motifs is 1. The summed E-state index contributed by atoms with van der Waals surface area (Å²) in [6.07, 6.45) is 5.82. The van der Waals surface area contributed by atoms with E-state index in [4.69, 9.17) is 0 Å². The van der Waals surface area contributed by atoms with E-state index in [2.05, 4.69) is 27.5 Å². The second-order valence-corrected chi connectivity index (χ2v) is 4.48. The molecule has 0 amide bonds. The van der Waals surface area contributed by atoms with E-state index in [9.17, 15) is 0 Å². The molecule has 0 aromatic heterocycles. The van der Waals surface area contributed by atoms with Gasteiger partial charge >= 0.3 is 0 Å². The Kier molecular flexibility index (Phi) is 1.69. The van der Waals surface area contributed by atoms with Crippen LogP contribution in [0, 0.1) is 0 Å². The third-order valence-corrected chi connectivity index (χ3v) is 3.86. The highest BCUT2D eigenvalue weighted by atomic mass is 127. The van der Waals surface area contributed by atoms with Crippen LogP contribution in [0.1, 0.15) is 25.7 Å². The molecule has 2 unspecified atom stereocenters. The summed E-state index contributed by atoms with van der Waals surface area (Å²) in [5, 5.41) is 0. The van der Waals surface area contributed by atoms with E-state index in [1.807, 2.05) is 0 Å². The van der Waals surface area contributed by atoms with Gasteiger partial charge < -0.3 is 0 Å². The normalized spacial score (nSPS) is 43.7. The van der Waals surface area contributed by atoms with Crippen molar-refractivity contribution in [2.45, 2.75) is 35.8 Å². The van der Waals surface area contributed by atoms with Crippen molar-refractivity contribution in [1.29, 1.82) is 0 Å². The third-order valence-electron chi connectivity index (χ3n) is 2.52. The van der Waals surface area contributed by atoms with Gasteiger partial charge in [-0.15, -0.1) is 0 Å². The smallest absolute Gasteiger partial charge is 0.0621 e. The zero-order valence-electron chi connectivity index (χ0n) is 5.52. The zero-order valence-corrected chi connectivity index (χ0v) is 7.67. The van der Waals surface area contributed by atoms with Crippen LogP contribution in [0.5, 0.6) is 0 Å². The summed E-state index contributed by atoms with van der Waals surface area (Å²) >= 11 is 2.58. The van der Waals surface area contributed by atoms with E-state index in [0.717, 1.165) is 10.1 Å². The summed E-state index contributed by atoms with van der Waals surface area (Å²) in [5.41, 5.74) is 0. The Labute approximate surface area is 69.9 Å². The fourth-order valence-electron chi connectivity index (χ4n) is 2.03. The molecule has 2 fully saturated rings. The van der Waals surface area contributed by atoms with Crippen molar-refractivity contribution in [3.8, 4) is 0 Å². The van der Waals surface area contributed by atoms with E-state index < -0.39 is 0 Å². The van der Waals surface area contributed by atoms with Crippen LogP contribution in [0.25, 0.3) is 0 Å². The van der Waals surface area contributed by atoms with Gasteiger partial charge in [-0.25, -0.2) is 0 Å². The topological polar surface area (TPSA) is 3.24 Å². The SMILES string of the molecule is IC1CCC2CCCN12. The lowest BCUT2D eigenvalue weighted by atomic mass is 10.2. The van der Waals surface area contributed by atoms with Crippen molar-refractivity contribution in [2.24, 2.45) is 0 Å². The van der Waals surface area contributed by atoms with Crippen molar-refractivity contribution in [2.75, 3.05) is 6.54 Å². The van der Waals surface area contributed by atoms with Crippen LogP contribution in [0.3, 0.4) is 0 Å². The number of alkyl halides is 1. The van der Waals surface area contributed by atoms with E-state index in [-0.39, 0.29) is 0 Å². The molecule has 2 heteroatoms. The fourth-order valence-corrected chi connectivity index (χ4v) is 3.13. The van der Waals surface area contributed by atoms with Gasteiger partial charge in [-0.3, -0.25) is 4.90 Å². The molecule has 0 aliphatic carbocycles. The van der Waals surface area contributed by atoms with Crippen LogP contribution in [0.15, 0.2) is 0 Å². The maximum Gasteiger partial charge on any atom is 0.0621 e. The van der Waals surface area contributed by atoms with Gasteiger partial charge in [-0.1, -0.05) is 22.6 Å². The molecule has 0 saturated carbocycles. The summed E-state index contributed by atoms with van der Waals surface area (Å²) in [7, 11) is 0. The minimum atomic E-state index is 0.870. The highest BCUT2D eigenvalue weighted by Crippen LogP contribution is 2.34. The standard InChI is InChI=1S/C7H12IN/c8-7-4-3-6-2-1-5-9(6)7/h6-7H,1-5H2. The second kappa shape index (κ2) is 2.38. The Morgan fingerprint density at radius 1 is 1.22 bits per heavy atom. The van der Waals surface area contributed by atoms with Gasteiger partial charge in [0.15, 0.2) is 0 Å². The number of hydrogen-bond acceptors (Lipinski definition) is 1. The molecular weight excluding hydrogens is 225 g/mol. The highest BCUT2D eigenvalue weighted by Gasteiger charge is 2.34. The first-order chi connectivity index (χ1) is 4.38. The molecule has 0 spiro atoms. The summed E-state index contributed by atoms with van der Waals surface area (Å²) in [4.78, 5) is 2.67. The van der Waals surface area contributed by atoms with Crippen LogP contribution in [0.2, 0.25) is 0 Å². The average molecular weight is 237 g/mol. The first-order valence-electron chi connectivity index (χ1n) is 3.78. The maximum atomic E-state index is 2.67. The first-order valence-corrected chi connectivity index (χ1v) is 5.02. The molecule has 2 aliphatic rings. The number of hydrogen-bond donors (Lipinski definition) is 0. The summed E-state index contributed by atoms with van der Waals surface area (Å²) < 4.78 is 0.870. The lowest BCUT2D eigenvalue weighted by Gasteiger charge is -2.17. The molecule has 2 saturated heterocycles. The van der Waals surface area contributed by atoms with Crippen molar-refractivity contribution in [3.05, 3.63) is 0 Å². The first kappa shape index (κ1) is 6.40.